The van der Waals surface area contributed by atoms with Gasteiger partial charge in [0.1, 0.15) is 17.0 Å². The third-order valence-electron chi connectivity index (χ3n) is 6.22. The molecule has 8 heteroatoms. The highest BCUT2D eigenvalue weighted by molar-refractivity contribution is 7.94. The monoisotopic (exact) mass is 504 g/mol. The van der Waals surface area contributed by atoms with E-state index in [4.69, 9.17) is 9.98 Å². The Morgan fingerprint density at radius 1 is 0.676 bits per heavy atom. The van der Waals surface area contributed by atoms with Crippen molar-refractivity contribution in [2.75, 3.05) is 0 Å². The molecule has 0 amide bonds. The normalized spacial score (nSPS) is 15.4. The zero-order valence-electron chi connectivity index (χ0n) is 19.4. The minimum Gasteiger partial charge on any atom is -0.506 e. The number of hydrogen-bond donors (Lipinski definition) is 1. The van der Waals surface area contributed by atoms with Gasteiger partial charge in [0.25, 0.3) is 0 Å². The first-order chi connectivity index (χ1) is 18.0. The van der Waals surface area contributed by atoms with E-state index >= 15 is 0 Å². The summed E-state index contributed by atoms with van der Waals surface area (Å²) in [5, 5.41) is 9.46. The van der Waals surface area contributed by atoms with Crippen molar-refractivity contribution in [3.05, 3.63) is 121 Å². The number of aliphatic imine (C=N–C) groups is 2. The summed E-state index contributed by atoms with van der Waals surface area (Å²) >= 11 is 0. The molecule has 6 rings (SSSR count). The Morgan fingerprint density at radius 3 is 2.00 bits per heavy atom. The van der Waals surface area contributed by atoms with Gasteiger partial charge in [-0.05, 0) is 41.5 Å². The molecule has 3 aromatic carbocycles. The van der Waals surface area contributed by atoms with Crippen LogP contribution < -0.4 is 0 Å². The van der Waals surface area contributed by atoms with E-state index in [0.29, 0.717) is 39.3 Å². The van der Waals surface area contributed by atoms with Crippen molar-refractivity contribution in [3.8, 4) is 5.75 Å². The predicted molar refractivity (Wildman–Crippen MR) is 144 cm³/mol. The SMILES string of the molecule is O=S(=O)(c1ccc(O)c2ncccc12)C1C(c2ccccc2)=Nc2ccncc2N=C1c1ccccc1. The van der Waals surface area contributed by atoms with Gasteiger partial charge < -0.3 is 5.11 Å². The Morgan fingerprint density at radius 2 is 1.32 bits per heavy atom. The van der Waals surface area contributed by atoms with Crippen molar-refractivity contribution in [1.29, 1.82) is 0 Å². The molecular weight excluding hydrogens is 484 g/mol. The molecule has 3 heterocycles. The smallest absolute Gasteiger partial charge is 0.193 e. The van der Waals surface area contributed by atoms with Gasteiger partial charge in [0, 0.05) is 17.8 Å². The van der Waals surface area contributed by atoms with Gasteiger partial charge in [-0.2, -0.15) is 0 Å². The summed E-state index contributed by atoms with van der Waals surface area (Å²) in [4.78, 5) is 18.2. The molecule has 0 saturated carbocycles. The van der Waals surface area contributed by atoms with Gasteiger partial charge in [-0.15, -0.1) is 0 Å². The number of benzene rings is 3. The molecule has 7 nitrogen and oxygen atoms in total. The lowest BCUT2D eigenvalue weighted by atomic mass is 9.99. The molecule has 5 aromatic rings. The minimum absolute atomic E-state index is 0.0368. The Bertz CT molecular complexity index is 1730. The average molecular weight is 505 g/mol. The summed E-state index contributed by atoms with van der Waals surface area (Å²) in [6.07, 6.45) is 4.71. The van der Waals surface area contributed by atoms with Crippen LogP contribution >= 0.6 is 0 Å². The van der Waals surface area contributed by atoms with Crippen molar-refractivity contribution in [3.63, 3.8) is 0 Å². The molecule has 180 valence electrons. The second kappa shape index (κ2) is 9.07. The highest BCUT2D eigenvalue weighted by Crippen LogP contribution is 2.37. The second-order valence-electron chi connectivity index (χ2n) is 8.50. The van der Waals surface area contributed by atoms with Crippen LogP contribution in [0, 0.1) is 0 Å². The van der Waals surface area contributed by atoms with Gasteiger partial charge in [0.05, 0.1) is 28.2 Å². The molecule has 0 saturated heterocycles. The summed E-state index contributed by atoms with van der Waals surface area (Å²) in [5.74, 6) is -0.0946. The molecule has 0 aliphatic carbocycles. The van der Waals surface area contributed by atoms with Crippen molar-refractivity contribution in [1.82, 2.24) is 9.97 Å². The number of nitrogens with zero attached hydrogens (tertiary/aromatic N) is 4. The third-order valence-corrected chi connectivity index (χ3v) is 8.26. The standard InChI is InChI=1S/C29H20N4O3S/c34-24-13-14-25(21-12-7-16-31-28(21)24)37(35,36)29-26(19-8-3-1-4-9-19)32-22-15-17-30-18-23(22)33-27(29)20-10-5-2-6-11-20/h1-18,29,34H. The predicted octanol–water partition coefficient (Wildman–Crippen LogP) is 5.43. The van der Waals surface area contributed by atoms with Gasteiger partial charge in [0.2, 0.25) is 0 Å². The van der Waals surface area contributed by atoms with Crippen LogP contribution in [0.25, 0.3) is 10.9 Å². The molecule has 2 aromatic heterocycles. The largest absolute Gasteiger partial charge is 0.506 e. The van der Waals surface area contributed by atoms with Gasteiger partial charge in [-0.1, -0.05) is 60.7 Å². The van der Waals surface area contributed by atoms with E-state index in [1.165, 1.54) is 18.3 Å². The second-order valence-corrected chi connectivity index (χ2v) is 10.5. The first kappa shape index (κ1) is 22.8. The highest BCUT2D eigenvalue weighted by atomic mass is 32.2. The number of fused-ring (bicyclic) bond motifs is 2. The first-order valence-electron chi connectivity index (χ1n) is 11.6. The molecule has 1 aliphatic heterocycles. The molecule has 1 unspecified atom stereocenters. The van der Waals surface area contributed by atoms with Gasteiger partial charge in [0.15, 0.2) is 15.1 Å². The lowest BCUT2D eigenvalue weighted by molar-refractivity contribution is 0.480. The van der Waals surface area contributed by atoms with Crippen molar-refractivity contribution >= 4 is 43.5 Å². The Hall–Kier alpha value is -4.69. The molecule has 0 fully saturated rings. The molecule has 1 atom stereocenters. The first-order valence-corrected chi connectivity index (χ1v) is 13.1. The van der Waals surface area contributed by atoms with Crippen LogP contribution in [-0.4, -0.2) is 40.2 Å². The number of aromatic nitrogens is 2. The lowest BCUT2D eigenvalue weighted by Crippen LogP contribution is -2.39. The summed E-state index contributed by atoms with van der Waals surface area (Å²) in [5.41, 5.74) is 3.20. The number of sulfone groups is 1. The van der Waals surface area contributed by atoms with Crippen LogP contribution in [0.15, 0.2) is 124 Å². The van der Waals surface area contributed by atoms with Crippen LogP contribution in [0.3, 0.4) is 0 Å². The molecule has 1 N–H and O–H groups in total. The summed E-state index contributed by atoms with van der Waals surface area (Å²) in [6.45, 7) is 0. The zero-order valence-corrected chi connectivity index (χ0v) is 20.2. The molecule has 0 spiro atoms. The number of rotatable bonds is 4. The zero-order chi connectivity index (χ0) is 25.4. The van der Waals surface area contributed by atoms with Gasteiger partial charge in [-0.25, -0.2) is 18.4 Å². The van der Waals surface area contributed by atoms with Gasteiger partial charge >= 0.3 is 0 Å². The fraction of sp³-hybridized carbons (Fsp3) is 0.0345. The van der Waals surface area contributed by atoms with Gasteiger partial charge in [-0.3, -0.25) is 9.97 Å². The molecule has 1 aliphatic rings. The molecule has 37 heavy (non-hydrogen) atoms. The topological polar surface area (TPSA) is 105 Å². The maximum absolute atomic E-state index is 14.7. The average Bonchev–Trinajstić information content (AvgIpc) is 3.12. The quantitative estimate of drug-likeness (QED) is 0.351. The van der Waals surface area contributed by atoms with Crippen LogP contribution in [-0.2, 0) is 9.84 Å². The van der Waals surface area contributed by atoms with Crippen LogP contribution in [0.1, 0.15) is 11.1 Å². The van der Waals surface area contributed by atoms with E-state index in [-0.39, 0.29) is 16.2 Å². The number of phenols is 1. The van der Waals surface area contributed by atoms with Crippen molar-refractivity contribution in [2.24, 2.45) is 9.98 Å². The number of phenolic OH excluding ortho intramolecular Hbond substituents is 1. The number of aromatic hydroxyl groups is 1. The summed E-state index contributed by atoms with van der Waals surface area (Å²) in [7, 11) is -4.17. The lowest BCUT2D eigenvalue weighted by Gasteiger charge is -2.22. The molecule has 0 bridgehead atoms. The molecule has 0 radical (unpaired) electrons. The van der Waals surface area contributed by atoms with E-state index in [1.807, 2.05) is 60.7 Å². The summed E-state index contributed by atoms with van der Waals surface area (Å²) < 4.78 is 29.4. The Balaban J connectivity index is 1.70. The maximum atomic E-state index is 14.7. The third kappa shape index (κ3) is 3.97. The number of pyridine rings is 2. The van der Waals surface area contributed by atoms with Crippen molar-refractivity contribution in [2.45, 2.75) is 10.1 Å². The summed E-state index contributed by atoms with van der Waals surface area (Å²) in [6, 6.07) is 26.2. The Kier molecular flexibility index (Phi) is 5.58. The van der Waals surface area contributed by atoms with Crippen LogP contribution in [0.4, 0.5) is 11.4 Å². The fourth-order valence-electron chi connectivity index (χ4n) is 4.52. The van der Waals surface area contributed by atoms with E-state index < -0.39 is 15.1 Å². The number of hydrogen-bond acceptors (Lipinski definition) is 7. The van der Waals surface area contributed by atoms with E-state index in [0.717, 1.165) is 0 Å². The highest BCUT2D eigenvalue weighted by Gasteiger charge is 2.40. The maximum Gasteiger partial charge on any atom is 0.193 e. The van der Waals surface area contributed by atoms with E-state index in [1.54, 1.807) is 30.6 Å². The minimum atomic E-state index is -4.17. The van der Waals surface area contributed by atoms with Crippen LogP contribution in [0.5, 0.6) is 5.75 Å². The molecular formula is C29H20N4O3S. The van der Waals surface area contributed by atoms with Crippen LogP contribution in [0.2, 0.25) is 0 Å². The Labute approximate surface area is 213 Å². The van der Waals surface area contributed by atoms with E-state index in [2.05, 4.69) is 9.97 Å². The van der Waals surface area contributed by atoms with Crippen molar-refractivity contribution < 1.29 is 13.5 Å². The fourth-order valence-corrected chi connectivity index (χ4v) is 6.46. The van der Waals surface area contributed by atoms with E-state index in [9.17, 15) is 13.5 Å².